The molecule has 3 aromatic rings. The van der Waals surface area contributed by atoms with E-state index in [1.165, 1.54) is 7.11 Å². The highest BCUT2D eigenvalue weighted by molar-refractivity contribution is 6.01. The van der Waals surface area contributed by atoms with Gasteiger partial charge in [0, 0.05) is 17.3 Å². The van der Waals surface area contributed by atoms with Crippen LogP contribution >= 0.6 is 0 Å². The maximum Gasteiger partial charge on any atom is 0.325 e. The summed E-state index contributed by atoms with van der Waals surface area (Å²) in [6.07, 6.45) is 10.4. The van der Waals surface area contributed by atoms with Crippen molar-refractivity contribution >= 4 is 23.9 Å². The Morgan fingerprint density at radius 2 is 1.68 bits per heavy atom. The molecule has 0 radical (unpaired) electrons. The van der Waals surface area contributed by atoms with Crippen molar-refractivity contribution < 1.29 is 23.8 Å². The number of hydrazone groups is 1. The van der Waals surface area contributed by atoms with Crippen molar-refractivity contribution in [3.05, 3.63) is 100 Å². The van der Waals surface area contributed by atoms with Crippen molar-refractivity contribution in [1.82, 2.24) is 10.3 Å². The quantitative estimate of drug-likeness (QED) is 0.196. The minimum atomic E-state index is -0.556. The summed E-state index contributed by atoms with van der Waals surface area (Å²) in [4.78, 5) is 25.3. The topological polar surface area (TPSA) is 89.5 Å². The van der Waals surface area contributed by atoms with E-state index in [-0.39, 0.29) is 25.4 Å². The molecule has 41 heavy (non-hydrogen) atoms. The van der Waals surface area contributed by atoms with Crippen LogP contribution in [-0.4, -0.2) is 36.8 Å². The third-order valence-electron chi connectivity index (χ3n) is 6.25. The minimum absolute atomic E-state index is 0.205. The number of benzene rings is 3. The number of amides is 1. The number of aryl methyl sites for hydroxylation is 2. The van der Waals surface area contributed by atoms with Gasteiger partial charge in [-0.3, -0.25) is 14.6 Å². The predicted octanol–water partition coefficient (Wildman–Crippen LogP) is 5.73. The molecule has 4 rings (SSSR count). The lowest BCUT2D eigenvalue weighted by Crippen LogP contribution is -2.38. The lowest BCUT2D eigenvalue weighted by Gasteiger charge is -2.31. The number of fused-ring (bicyclic) bond motifs is 1. The first-order valence-corrected chi connectivity index (χ1v) is 13.2. The zero-order valence-corrected chi connectivity index (χ0v) is 23.8. The second kappa shape index (κ2) is 14.9. The molecular weight excluding hydrogens is 518 g/mol. The smallest absolute Gasteiger partial charge is 0.325 e. The molecule has 0 fully saturated rings. The van der Waals surface area contributed by atoms with Gasteiger partial charge in [0.25, 0.3) is 5.91 Å². The summed E-state index contributed by atoms with van der Waals surface area (Å²) in [5.74, 6) is 0.731. The van der Waals surface area contributed by atoms with Crippen LogP contribution in [0.5, 0.6) is 11.5 Å². The van der Waals surface area contributed by atoms with E-state index in [4.69, 9.17) is 14.2 Å². The highest BCUT2D eigenvalue weighted by atomic mass is 16.5. The second-order valence-electron chi connectivity index (χ2n) is 9.08. The van der Waals surface area contributed by atoms with E-state index in [1.807, 2.05) is 87.5 Å². The Kier molecular flexibility index (Phi) is 11.1. The summed E-state index contributed by atoms with van der Waals surface area (Å²) in [5.41, 5.74) is 4.74. The first kappa shape index (κ1) is 30.5. The highest BCUT2D eigenvalue weighted by Crippen LogP contribution is 2.40. The Balaban J connectivity index is 0.00000226. The number of terminal acetylenes is 1. The molecule has 0 spiro atoms. The van der Waals surface area contributed by atoms with E-state index in [0.29, 0.717) is 17.9 Å². The Labute approximate surface area is 241 Å². The number of carbonyl (C=O) groups is 2. The molecule has 0 saturated carbocycles. The Hall–Kier alpha value is -5.03. The van der Waals surface area contributed by atoms with Crippen LogP contribution in [0.4, 0.5) is 0 Å². The number of carbonyl (C=O) groups excluding carboxylic acids is 2. The molecule has 212 valence electrons. The molecule has 0 aliphatic carbocycles. The summed E-state index contributed by atoms with van der Waals surface area (Å²) >= 11 is 0. The van der Waals surface area contributed by atoms with Gasteiger partial charge in [-0.15, -0.1) is 12.8 Å². The fraction of sp³-hybridized carbons (Fsp3) is 0.242. The number of rotatable bonds is 10. The average Bonchev–Trinajstić information content (AvgIpc) is 3.00. The number of hydrogen-bond donors (Lipinski definition) is 1. The van der Waals surface area contributed by atoms with Crippen molar-refractivity contribution in [2.45, 2.75) is 40.3 Å². The SMILES string of the molecule is C#C.CC/C=N\N1Cc2c(Oc3c(C)cccc3C)cccc2C(OCc2ccccc2)=C1C(=O)NCC(=O)OC. The average molecular weight is 554 g/mol. The molecule has 1 amide bonds. The Morgan fingerprint density at radius 1 is 1.00 bits per heavy atom. The number of nitrogens with zero attached hydrogens (tertiary/aromatic N) is 2. The van der Waals surface area contributed by atoms with Crippen LogP contribution in [0.1, 0.15) is 41.2 Å². The molecule has 0 unspecified atom stereocenters. The Bertz CT molecular complexity index is 1420. The van der Waals surface area contributed by atoms with Gasteiger partial charge in [-0.25, -0.2) is 0 Å². The molecule has 0 saturated heterocycles. The van der Waals surface area contributed by atoms with Gasteiger partial charge < -0.3 is 19.5 Å². The van der Waals surface area contributed by atoms with Crippen LogP contribution in [0.25, 0.3) is 5.76 Å². The molecule has 3 aromatic carbocycles. The van der Waals surface area contributed by atoms with Gasteiger partial charge >= 0.3 is 5.97 Å². The molecule has 1 aliphatic heterocycles. The first-order chi connectivity index (χ1) is 19.9. The maximum absolute atomic E-state index is 13.5. The molecule has 0 atom stereocenters. The van der Waals surface area contributed by atoms with Gasteiger partial charge in [0.2, 0.25) is 0 Å². The zero-order chi connectivity index (χ0) is 29.8. The van der Waals surface area contributed by atoms with E-state index in [0.717, 1.165) is 33.6 Å². The fourth-order valence-corrected chi connectivity index (χ4v) is 4.26. The molecular formula is C33H35N3O5. The zero-order valence-electron chi connectivity index (χ0n) is 23.8. The van der Waals surface area contributed by atoms with Crippen LogP contribution in [0, 0.1) is 26.7 Å². The van der Waals surface area contributed by atoms with Crippen molar-refractivity contribution in [3.8, 4) is 24.3 Å². The summed E-state index contributed by atoms with van der Waals surface area (Å²) < 4.78 is 17.5. The Morgan fingerprint density at radius 3 is 2.34 bits per heavy atom. The summed E-state index contributed by atoms with van der Waals surface area (Å²) in [6.45, 7) is 6.20. The van der Waals surface area contributed by atoms with Gasteiger partial charge in [0.15, 0.2) is 11.5 Å². The summed E-state index contributed by atoms with van der Waals surface area (Å²) in [5, 5.41) is 8.81. The normalized spacial score (nSPS) is 12.2. The number of methoxy groups -OCH3 is 1. The van der Waals surface area contributed by atoms with Gasteiger partial charge in [0.05, 0.1) is 13.7 Å². The fourth-order valence-electron chi connectivity index (χ4n) is 4.26. The minimum Gasteiger partial charge on any atom is -0.486 e. The third-order valence-corrected chi connectivity index (χ3v) is 6.25. The van der Waals surface area contributed by atoms with Crippen molar-refractivity contribution in [2.24, 2.45) is 5.10 Å². The van der Waals surface area contributed by atoms with E-state index >= 15 is 0 Å². The third kappa shape index (κ3) is 7.55. The first-order valence-electron chi connectivity index (χ1n) is 13.2. The molecule has 8 nitrogen and oxygen atoms in total. The standard InChI is InChI=1S/C31H33N3O5.C2H2/c1-5-17-33-34-19-25-24(15-10-16-26(25)39-29-21(2)11-9-12-22(29)3)30(38-20-23-13-7-6-8-14-23)28(34)31(36)32-18-27(35)37-4;1-2/h6-17H,5,18-20H2,1-4H3,(H,32,36);1-2H/b33-17-;. The van der Waals surface area contributed by atoms with E-state index in [9.17, 15) is 9.59 Å². The van der Waals surface area contributed by atoms with Gasteiger partial charge in [-0.05, 0) is 43.0 Å². The molecule has 0 bridgehead atoms. The second-order valence-corrected chi connectivity index (χ2v) is 9.08. The van der Waals surface area contributed by atoms with Crippen LogP contribution < -0.4 is 10.1 Å². The molecule has 0 aromatic heterocycles. The van der Waals surface area contributed by atoms with Crippen molar-refractivity contribution in [3.63, 3.8) is 0 Å². The molecule has 1 N–H and O–H groups in total. The summed E-state index contributed by atoms with van der Waals surface area (Å²) in [6, 6.07) is 21.4. The number of para-hydroxylation sites is 1. The van der Waals surface area contributed by atoms with Gasteiger partial charge in [0.1, 0.15) is 24.7 Å². The monoisotopic (exact) mass is 553 g/mol. The number of nitrogens with one attached hydrogen (secondary N) is 1. The lowest BCUT2D eigenvalue weighted by atomic mass is 9.98. The van der Waals surface area contributed by atoms with E-state index < -0.39 is 11.9 Å². The number of esters is 1. The van der Waals surface area contributed by atoms with Gasteiger partial charge in [-0.1, -0.05) is 67.6 Å². The van der Waals surface area contributed by atoms with Crippen LogP contribution in [0.2, 0.25) is 0 Å². The van der Waals surface area contributed by atoms with Crippen LogP contribution in [0.3, 0.4) is 0 Å². The maximum atomic E-state index is 13.5. The van der Waals surface area contributed by atoms with Crippen LogP contribution in [0.15, 0.2) is 77.5 Å². The van der Waals surface area contributed by atoms with Crippen molar-refractivity contribution in [1.29, 1.82) is 0 Å². The van der Waals surface area contributed by atoms with E-state index in [2.05, 4.69) is 23.3 Å². The molecule has 1 heterocycles. The van der Waals surface area contributed by atoms with Gasteiger partial charge in [-0.2, -0.15) is 5.10 Å². The van der Waals surface area contributed by atoms with Crippen LogP contribution in [-0.2, 0) is 32.2 Å². The predicted molar refractivity (Wildman–Crippen MR) is 160 cm³/mol. The summed E-state index contributed by atoms with van der Waals surface area (Å²) in [7, 11) is 1.27. The lowest BCUT2D eigenvalue weighted by molar-refractivity contribution is -0.140. The largest absolute Gasteiger partial charge is 0.486 e. The molecule has 8 heteroatoms. The van der Waals surface area contributed by atoms with E-state index in [1.54, 1.807) is 11.2 Å². The molecule has 1 aliphatic rings. The van der Waals surface area contributed by atoms with Crippen molar-refractivity contribution in [2.75, 3.05) is 13.7 Å². The number of ether oxygens (including phenoxy) is 3. The number of hydrogen-bond acceptors (Lipinski definition) is 7. The highest BCUT2D eigenvalue weighted by Gasteiger charge is 2.33.